The van der Waals surface area contributed by atoms with Crippen molar-refractivity contribution >= 4 is 18.0 Å². The van der Waals surface area contributed by atoms with Crippen molar-refractivity contribution in [2.45, 2.75) is 46.5 Å². The lowest BCUT2D eigenvalue weighted by Gasteiger charge is -2.17. The van der Waals surface area contributed by atoms with Crippen LogP contribution in [0.25, 0.3) is 0 Å². The zero-order valence-electron chi connectivity index (χ0n) is 13.6. The zero-order valence-corrected chi connectivity index (χ0v) is 13.6. The Balaban J connectivity index is 3.79. The average Bonchev–Trinajstić information content (AvgIpc) is 2.38. The van der Waals surface area contributed by atoms with Gasteiger partial charge in [-0.05, 0) is 31.1 Å². The minimum atomic E-state index is -0.869. The van der Waals surface area contributed by atoms with E-state index >= 15 is 0 Å². The predicted octanol–water partition coefficient (Wildman–Crippen LogP) is 2.19. The lowest BCUT2D eigenvalue weighted by Crippen LogP contribution is -2.31. The number of rotatable bonds is 11. The van der Waals surface area contributed by atoms with Gasteiger partial charge in [0.1, 0.15) is 0 Å². The van der Waals surface area contributed by atoms with Crippen LogP contribution in [0.1, 0.15) is 46.5 Å². The van der Waals surface area contributed by atoms with Crippen molar-refractivity contribution in [2.24, 2.45) is 11.8 Å². The molecule has 0 heterocycles. The molecular weight excluding hydrogens is 290 g/mol. The minimum Gasteiger partial charge on any atom is -0.481 e. The third-order valence-electron chi connectivity index (χ3n) is 2.88. The molecule has 0 aliphatic carbocycles. The van der Waals surface area contributed by atoms with E-state index in [4.69, 9.17) is 14.6 Å². The maximum absolute atomic E-state index is 11.5. The maximum Gasteiger partial charge on any atom is 0.407 e. The van der Waals surface area contributed by atoms with Gasteiger partial charge in [-0.25, -0.2) is 4.79 Å². The molecule has 1 unspecified atom stereocenters. The Kier molecular flexibility index (Phi) is 10.9. The number of unbranched alkanes of at least 4 members (excludes halogenated alkanes) is 1. The van der Waals surface area contributed by atoms with Crippen molar-refractivity contribution in [1.29, 1.82) is 0 Å². The predicted molar refractivity (Wildman–Crippen MR) is 80.4 cm³/mol. The van der Waals surface area contributed by atoms with Gasteiger partial charge in [-0.3, -0.25) is 9.59 Å². The fourth-order valence-electron chi connectivity index (χ4n) is 2.02. The van der Waals surface area contributed by atoms with Gasteiger partial charge in [-0.2, -0.15) is 0 Å². The summed E-state index contributed by atoms with van der Waals surface area (Å²) in [4.78, 5) is 32.8. The molecule has 0 aromatic rings. The highest BCUT2D eigenvalue weighted by molar-refractivity contribution is 5.68. The number of carbonyl (C=O) groups is 3. The number of carboxylic acid groups (broad SMARTS) is 1. The van der Waals surface area contributed by atoms with Crippen molar-refractivity contribution < 1.29 is 29.0 Å². The van der Waals surface area contributed by atoms with E-state index in [1.165, 1.54) is 6.92 Å². The van der Waals surface area contributed by atoms with E-state index < -0.39 is 12.1 Å². The second-order valence-corrected chi connectivity index (χ2v) is 5.66. The van der Waals surface area contributed by atoms with Gasteiger partial charge in [0.2, 0.25) is 0 Å². The number of hydrogen-bond donors (Lipinski definition) is 2. The van der Waals surface area contributed by atoms with Gasteiger partial charge in [0, 0.05) is 19.9 Å². The Bertz CT molecular complexity index is 356. The molecule has 0 saturated carbocycles. The third-order valence-corrected chi connectivity index (χ3v) is 2.88. The normalized spacial score (nSPS) is 11.8. The molecule has 0 bridgehead atoms. The van der Waals surface area contributed by atoms with Crippen LogP contribution in [0.5, 0.6) is 0 Å². The topological polar surface area (TPSA) is 102 Å². The molecule has 0 aromatic heterocycles. The smallest absolute Gasteiger partial charge is 0.407 e. The fraction of sp³-hybridized carbons (Fsp3) is 0.800. The number of carbonyl (C=O) groups excluding carboxylic acids is 2. The van der Waals surface area contributed by atoms with Gasteiger partial charge in [0.05, 0.1) is 13.2 Å². The van der Waals surface area contributed by atoms with Crippen LogP contribution in [0, 0.1) is 11.8 Å². The van der Waals surface area contributed by atoms with Gasteiger partial charge in [0.15, 0.2) is 0 Å². The van der Waals surface area contributed by atoms with Gasteiger partial charge in [-0.15, -0.1) is 0 Å². The Morgan fingerprint density at radius 3 is 2.18 bits per heavy atom. The number of nitrogens with one attached hydrogen (secondary N) is 1. The van der Waals surface area contributed by atoms with Crippen LogP contribution in [-0.2, 0) is 19.1 Å². The molecule has 0 aliphatic rings. The Morgan fingerprint density at radius 1 is 1.09 bits per heavy atom. The van der Waals surface area contributed by atoms with Crippen LogP contribution >= 0.6 is 0 Å². The van der Waals surface area contributed by atoms with Crippen LogP contribution in [0.2, 0.25) is 0 Å². The van der Waals surface area contributed by atoms with E-state index in [-0.39, 0.29) is 31.5 Å². The van der Waals surface area contributed by atoms with Crippen LogP contribution in [-0.4, -0.2) is 42.9 Å². The summed E-state index contributed by atoms with van der Waals surface area (Å²) in [5.74, 6) is -0.933. The molecule has 0 rings (SSSR count). The molecule has 0 aliphatic heterocycles. The van der Waals surface area contributed by atoms with E-state index in [1.807, 2.05) is 13.8 Å². The molecule has 7 nitrogen and oxygen atoms in total. The van der Waals surface area contributed by atoms with Crippen molar-refractivity contribution in [3.8, 4) is 0 Å². The van der Waals surface area contributed by atoms with E-state index in [2.05, 4.69) is 5.32 Å². The molecule has 2 N–H and O–H groups in total. The van der Waals surface area contributed by atoms with E-state index in [1.54, 1.807) is 0 Å². The summed E-state index contributed by atoms with van der Waals surface area (Å²) in [5, 5.41) is 11.4. The summed E-state index contributed by atoms with van der Waals surface area (Å²) in [5.41, 5.74) is 0. The van der Waals surface area contributed by atoms with Crippen LogP contribution < -0.4 is 5.32 Å². The summed E-state index contributed by atoms with van der Waals surface area (Å²) in [6.07, 6.45) is 1.44. The molecule has 0 saturated heterocycles. The molecule has 22 heavy (non-hydrogen) atoms. The highest BCUT2D eigenvalue weighted by Gasteiger charge is 2.16. The highest BCUT2D eigenvalue weighted by atomic mass is 16.5. The van der Waals surface area contributed by atoms with Crippen LogP contribution in [0.4, 0.5) is 4.79 Å². The number of carboxylic acids is 1. The Hall–Kier alpha value is -1.79. The number of hydrogen-bond acceptors (Lipinski definition) is 5. The van der Waals surface area contributed by atoms with Crippen LogP contribution in [0.3, 0.4) is 0 Å². The quantitative estimate of drug-likeness (QED) is 0.447. The minimum absolute atomic E-state index is 0.0286. The maximum atomic E-state index is 11.5. The fourth-order valence-corrected chi connectivity index (χ4v) is 2.02. The largest absolute Gasteiger partial charge is 0.481 e. The van der Waals surface area contributed by atoms with Crippen molar-refractivity contribution in [2.75, 3.05) is 19.8 Å². The first-order chi connectivity index (χ1) is 10.3. The monoisotopic (exact) mass is 317 g/mol. The van der Waals surface area contributed by atoms with Crippen molar-refractivity contribution in [3.05, 3.63) is 0 Å². The summed E-state index contributed by atoms with van der Waals surface area (Å²) < 4.78 is 9.72. The van der Waals surface area contributed by atoms with Gasteiger partial charge in [0.25, 0.3) is 0 Å². The highest BCUT2D eigenvalue weighted by Crippen LogP contribution is 2.14. The standard InChI is InChI=1S/C15H27NO6/c1-11(2)8-13(9-14(18)19)10-16-15(20)22-7-5-4-6-21-12(3)17/h11,13H,4-10H2,1-3H3,(H,16,20)(H,18,19). The van der Waals surface area contributed by atoms with Crippen molar-refractivity contribution in [3.63, 3.8) is 0 Å². The Morgan fingerprint density at radius 2 is 1.68 bits per heavy atom. The number of amides is 1. The molecule has 1 atom stereocenters. The first-order valence-corrected chi connectivity index (χ1v) is 7.57. The van der Waals surface area contributed by atoms with Crippen LogP contribution in [0.15, 0.2) is 0 Å². The summed E-state index contributed by atoms with van der Waals surface area (Å²) >= 11 is 0. The first-order valence-electron chi connectivity index (χ1n) is 7.57. The molecule has 0 spiro atoms. The van der Waals surface area contributed by atoms with Gasteiger partial charge in [-0.1, -0.05) is 13.8 Å². The number of esters is 1. The van der Waals surface area contributed by atoms with Gasteiger partial charge >= 0.3 is 18.0 Å². The zero-order chi connectivity index (χ0) is 17.0. The second-order valence-electron chi connectivity index (χ2n) is 5.66. The number of alkyl carbamates (subject to hydrolysis) is 1. The van der Waals surface area contributed by atoms with E-state index in [0.717, 1.165) is 6.42 Å². The Labute approximate surface area is 131 Å². The molecule has 7 heteroatoms. The van der Waals surface area contributed by atoms with Crippen molar-refractivity contribution in [1.82, 2.24) is 5.32 Å². The molecule has 1 amide bonds. The van der Waals surface area contributed by atoms with Gasteiger partial charge < -0.3 is 19.9 Å². The first kappa shape index (κ1) is 20.2. The SMILES string of the molecule is CC(=O)OCCCCOC(=O)NCC(CC(=O)O)CC(C)C. The molecular formula is C15H27NO6. The lowest BCUT2D eigenvalue weighted by atomic mass is 9.94. The number of ether oxygens (including phenoxy) is 2. The second kappa shape index (κ2) is 11.8. The number of aliphatic carboxylic acids is 1. The third kappa shape index (κ3) is 13.2. The average molecular weight is 317 g/mol. The molecule has 0 radical (unpaired) electrons. The molecule has 0 fully saturated rings. The molecule has 128 valence electrons. The summed E-state index contributed by atoms with van der Waals surface area (Å²) in [6, 6.07) is 0. The molecule has 0 aromatic carbocycles. The van der Waals surface area contributed by atoms with E-state index in [9.17, 15) is 14.4 Å². The lowest BCUT2D eigenvalue weighted by molar-refractivity contribution is -0.141. The van der Waals surface area contributed by atoms with E-state index in [0.29, 0.717) is 25.4 Å². The summed E-state index contributed by atoms with van der Waals surface area (Å²) in [7, 11) is 0. The summed E-state index contributed by atoms with van der Waals surface area (Å²) in [6.45, 7) is 6.20.